The van der Waals surface area contributed by atoms with Gasteiger partial charge in [-0.2, -0.15) is 13.2 Å². The summed E-state index contributed by atoms with van der Waals surface area (Å²) in [7, 11) is 0. The largest absolute Gasteiger partial charge is 0.507 e. The predicted molar refractivity (Wildman–Crippen MR) is 91.4 cm³/mol. The first-order valence-electron chi connectivity index (χ1n) is 8.31. The average Bonchev–Trinajstić information content (AvgIpc) is 2.67. The van der Waals surface area contributed by atoms with Gasteiger partial charge in [-0.1, -0.05) is 12.1 Å². The van der Waals surface area contributed by atoms with Crippen molar-refractivity contribution in [2.45, 2.75) is 6.18 Å². The van der Waals surface area contributed by atoms with Crippen molar-refractivity contribution >= 4 is 11.8 Å². The molecule has 0 atom stereocenters. The van der Waals surface area contributed by atoms with Gasteiger partial charge in [0, 0.05) is 31.7 Å². The summed E-state index contributed by atoms with van der Waals surface area (Å²) < 4.78 is 37.8. The highest BCUT2D eigenvalue weighted by Gasteiger charge is 2.31. The number of hydrogen-bond acceptors (Lipinski definition) is 3. The van der Waals surface area contributed by atoms with Crippen LogP contribution in [0.15, 0.2) is 48.5 Å². The van der Waals surface area contributed by atoms with Gasteiger partial charge in [-0.3, -0.25) is 9.59 Å². The zero-order valence-electron chi connectivity index (χ0n) is 14.2. The standard InChI is InChI=1S/C19H17F3N2O3/c20-19(21,22)14-7-5-13(6-8-14)17(26)23-9-11-24(12-10-23)18(27)15-3-1-2-4-16(15)25/h1-8,25H,9-12H2. The summed E-state index contributed by atoms with van der Waals surface area (Å²) in [5.74, 6) is -0.807. The monoisotopic (exact) mass is 378 g/mol. The molecular weight excluding hydrogens is 361 g/mol. The van der Waals surface area contributed by atoms with Crippen molar-refractivity contribution in [3.63, 3.8) is 0 Å². The third-order valence-electron chi connectivity index (χ3n) is 4.45. The van der Waals surface area contributed by atoms with E-state index in [1.165, 1.54) is 21.9 Å². The van der Waals surface area contributed by atoms with Crippen LogP contribution in [0.25, 0.3) is 0 Å². The minimum absolute atomic E-state index is 0.106. The highest BCUT2D eigenvalue weighted by Crippen LogP contribution is 2.29. The summed E-state index contributed by atoms with van der Waals surface area (Å²) in [5, 5.41) is 9.79. The number of piperazine rings is 1. The fraction of sp³-hybridized carbons (Fsp3) is 0.263. The Morgan fingerprint density at radius 2 is 1.33 bits per heavy atom. The lowest BCUT2D eigenvalue weighted by Crippen LogP contribution is -2.50. The van der Waals surface area contributed by atoms with Gasteiger partial charge in [0.25, 0.3) is 11.8 Å². The predicted octanol–water partition coefficient (Wildman–Crippen LogP) is 3.01. The van der Waals surface area contributed by atoms with Crippen LogP contribution in [0, 0.1) is 0 Å². The topological polar surface area (TPSA) is 60.9 Å². The molecule has 0 aliphatic carbocycles. The number of carbonyl (C=O) groups is 2. The molecule has 5 nitrogen and oxygen atoms in total. The van der Waals surface area contributed by atoms with E-state index in [1.54, 1.807) is 12.1 Å². The van der Waals surface area contributed by atoms with Crippen molar-refractivity contribution in [3.05, 3.63) is 65.2 Å². The van der Waals surface area contributed by atoms with E-state index in [-0.39, 0.29) is 54.9 Å². The number of alkyl halides is 3. The fourth-order valence-corrected chi connectivity index (χ4v) is 2.92. The van der Waals surface area contributed by atoms with Gasteiger partial charge in [-0.25, -0.2) is 0 Å². The number of halogens is 3. The summed E-state index contributed by atoms with van der Waals surface area (Å²) >= 11 is 0. The van der Waals surface area contributed by atoms with E-state index in [0.717, 1.165) is 24.3 Å². The number of amides is 2. The molecule has 1 N–H and O–H groups in total. The van der Waals surface area contributed by atoms with Crippen LogP contribution < -0.4 is 0 Å². The summed E-state index contributed by atoms with van der Waals surface area (Å²) in [6.45, 7) is 1.08. The van der Waals surface area contributed by atoms with Gasteiger partial charge < -0.3 is 14.9 Å². The normalized spacial score (nSPS) is 14.9. The summed E-state index contributed by atoms with van der Waals surface area (Å²) in [6, 6.07) is 10.3. The second-order valence-corrected chi connectivity index (χ2v) is 6.18. The van der Waals surface area contributed by atoms with E-state index in [4.69, 9.17) is 0 Å². The number of phenols is 1. The lowest BCUT2D eigenvalue weighted by atomic mass is 10.1. The van der Waals surface area contributed by atoms with Crippen molar-refractivity contribution in [2.24, 2.45) is 0 Å². The number of hydrogen-bond donors (Lipinski definition) is 1. The van der Waals surface area contributed by atoms with Crippen molar-refractivity contribution in [1.82, 2.24) is 9.80 Å². The van der Waals surface area contributed by atoms with Gasteiger partial charge in [-0.05, 0) is 36.4 Å². The van der Waals surface area contributed by atoms with Crippen molar-refractivity contribution in [2.75, 3.05) is 26.2 Å². The van der Waals surface area contributed by atoms with E-state index in [0.29, 0.717) is 0 Å². The average molecular weight is 378 g/mol. The first-order chi connectivity index (χ1) is 12.8. The molecule has 27 heavy (non-hydrogen) atoms. The summed E-state index contributed by atoms with van der Waals surface area (Å²) in [5.41, 5.74) is -0.444. The first kappa shape index (κ1) is 18.8. The van der Waals surface area contributed by atoms with Crippen LogP contribution in [0.2, 0.25) is 0 Å². The molecule has 2 amide bonds. The Morgan fingerprint density at radius 3 is 1.85 bits per heavy atom. The van der Waals surface area contributed by atoms with Gasteiger partial charge in [-0.15, -0.1) is 0 Å². The lowest BCUT2D eigenvalue weighted by molar-refractivity contribution is -0.137. The third kappa shape index (κ3) is 4.05. The van der Waals surface area contributed by atoms with E-state index in [9.17, 15) is 27.9 Å². The third-order valence-corrected chi connectivity index (χ3v) is 4.45. The summed E-state index contributed by atoms with van der Waals surface area (Å²) in [4.78, 5) is 27.9. The maximum absolute atomic E-state index is 12.6. The number of aromatic hydroxyl groups is 1. The molecule has 0 unspecified atom stereocenters. The van der Waals surface area contributed by atoms with Gasteiger partial charge in [0.2, 0.25) is 0 Å². The molecule has 1 fully saturated rings. The zero-order chi connectivity index (χ0) is 19.6. The van der Waals surface area contributed by atoms with Gasteiger partial charge >= 0.3 is 6.18 Å². The minimum Gasteiger partial charge on any atom is -0.507 e. The molecule has 2 aromatic rings. The van der Waals surface area contributed by atoms with E-state index < -0.39 is 11.7 Å². The number of nitrogens with zero attached hydrogens (tertiary/aromatic N) is 2. The minimum atomic E-state index is -4.45. The number of rotatable bonds is 2. The smallest absolute Gasteiger partial charge is 0.416 e. The second-order valence-electron chi connectivity index (χ2n) is 6.18. The number of para-hydroxylation sites is 1. The van der Waals surface area contributed by atoms with E-state index in [1.807, 2.05) is 0 Å². The molecule has 1 saturated heterocycles. The van der Waals surface area contributed by atoms with Gasteiger partial charge in [0.1, 0.15) is 5.75 Å². The summed E-state index contributed by atoms with van der Waals surface area (Å²) in [6.07, 6.45) is -4.45. The Bertz CT molecular complexity index is 842. The Kier molecular flexibility index (Phi) is 5.07. The van der Waals surface area contributed by atoms with Crippen LogP contribution in [0.3, 0.4) is 0 Å². The fourth-order valence-electron chi connectivity index (χ4n) is 2.92. The van der Waals surface area contributed by atoms with Crippen LogP contribution in [0.1, 0.15) is 26.3 Å². The number of carbonyl (C=O) groups excluding carboxylic acids is 2. The molecule has 0 spiro atoms. The molecule has 2 aromatic carbocycles. The second kappa shape index (κ2) is 7.30. The SMILES string of the molecule is O=C(c1ccc(C(F)(F)F)cc1)N1CCN(C(=O)c2ccccc2O)CC1. The molecule has 8 heteroatoms. The number of benzene rings is 2. The molecule has 1 heterocycles. The molecule has 142 valence electrons. The van der Waals surface area contributed by atoms with Crippen molar-refractivity contribution in [1.29, 1.82) is 0 Å². The van der Waals surface area contributed by atoms with Crippen LogP contribution in [-0.2, 0) is 6.18 Å². The van der Waals surface area contributed by atoms with Crippen molar-refractivity contribution in [3.8, 4) is 5.75 Å². The van der Waals surface area contributed by atoms with Crippen LogP contribution >= 0.6 is 0 Å². The molecular formula is C19H17F3N2O3. The van der Waals surface area contributed by atoms with E-state index >= 15 is 0 Å². The van der Waals surface area contributed by atoms with Crippen LogP contribution in [0.5, 0.6) is 5.75 Å². The highest BCUT2D eigenvalue weighted by atomic mass is 19.4. The highest BCUT2D eigenvalue weighted by molar-refractivity contribution is 5.97. The van der Waals surface area contributed by atoms with Crippen molar-refractivity contribution < 1.29 is 27.9 Å². The van der Waals surface area contributed by atoms with Crippen LogP contribution in [0.4, 0.5) is 13.2 Å². The molecule has 1 aliphatic rings. The van der Waals surface area contributed by atoms with Gasteiger partial charge in [0.05, 0.1) is 11.1 Å². The molecule has 0 radical (unpaired) electrons. The Labute approximate surface area is 153 Å². The zero-order valence-corrected chi connectivity index (χ0v) is 14.2. The maximum Gasteiger partial charge on any atom is 0.416 e. The van der Waals surface area contributed by atoms with Crippen LogP contribution in [-0.4, -0.2) is 52.9 Å². The maximum atomic E-state index is 12.6. The Morgan fingerprint density at radius 1 is 0.815 bits per heavy atom. The molecule has 0 saturated carbocycles. The molecule has 0 bridgehead atoms. The number of phenolic OH excluding ortho intramolecular Hbond substituents is 1. The quantitative estimate of drug-likeness (QED) is 0.874. The Hall–Kier alpha value is -3.03. The Balaban J connectivity index is 1.63. The molecule has 1 aliphatic heterocycles. The molecule has 3 rings (SSSR count). The molecule has 0 aromatic heterocycles. The van der Waals surface area contributed by atoms with E-state index in [2.05, 4.69) is 0 Å². The lowest BCUT2D eigenvalue weighted by Gasteiger charge is -2.35. The first-order valence-corrected chi connectivity index (χ1v) is 8.31. The van der Waals surface area contributed by atoms with Gasteiger partial charge in [0.15, 0.2) is 0 Å².